The molecule has 0 radical (unpaired) electrons. The lowest BCUT2D eigenvalue weighted by Crippen LogP contribution is -2.23. The Kier molecular flexibility index (Phi) is 3.05. The van der Waals surface area contributed by atoms with E-state index in [1.54, 1.807) is 11.3 Å². The van der Waals surface area contributed by atoms with Gasteiger partial charge in [-0.1, -0.05) is 17.8 Å². The summed E-state index contributed by atoms with van der Waals surface area (Å²) in [5.74, 6) is 0.232. The topological polar surface area (TPSA) is 34.4 Å². The SMILES string of the molecule is Cc1cc2sc(=NC(=O)C3CCC3)n(C)c2cc1C. The van der Waals surface area contributed by atoms with Crippen LogP contribution >= 0.6 is 11.3 Å². The maximum Gasteiger partial charge on any atom is 0.251 e. The molecular formula is C15H18N2OS. The number of fused-ring (bicyclic) bond motifs is 1. The summed E-state index contributed by atoms with van der Waals surface area (Å²) in [5, 5.41) is 0. The van der Waals surface area contributed by atoms with Gasteiger partial charge in [0.1, 0.15) is 0 Å². The van der Waals surface area contributed by atoms with E-state index in [0.29, 0.717) is 0 Å². The van der Waals surface area contributed by atoms with Gasteiger partial charge in [-0.3, -0.25) is 4.79 Å². The van der Waals surface area contributed by atoms with Crippen LogP contribution < -0.4 is 4.80 Å². The van der Waals surface area contributed by atoms with Crippen molar-refractivity contribution in [2.24, 2.45) is 18.0 Å². The fourth-order valence-corrected chi connectivity index (χ4v) is 3.43. The second-order valence-electron chi connectivity index (χ2n) is 5.43. The Bertz CT molecular complexity index is 720. The molecule has 0 spiro atoms. The van der Waals surface area contributed by atoms with E-state index in [-0.39, 0.29) is 11.8 Å². The van der Waals surface area contributed by atoms with Crippen molar-refractivity contribution in [1.29, 1.82) is 0 Å². The molecule has 100 valence electrons. The Morgan fingerprint density at radius 2 is 2.00 bits per heavy atom. The van der Waals surface area contributed by atoms with Crippen LogP contribution in [-0.2, 0) is 11.8 Å². The smallest absolute Gasteiger partial charge is 0.251 e. The van der Waals surface area contributed by atoms with Crippen LogP contribution in [0.4, 0.5) is 0 Å². The first-order valence-electron chi connectivity index (χ1n) is 6.71. The van der Waals surface area contributed by atoms with Gasteiger partial charge in [-0.2, -0.15) is 4.99 Å². The molecule has 0 aliphatic heterocycles. The van der Waals surface area contributed by atoms with Gasteiger partial charge in [0.2, 0.25) is 0 Å². The maximum atomic E-state index is 12.0. The van der Waals surface area contributed by atoms with Crippen LogP contribution in [0.5, 0.6) is 0 Å². The second-order valence-corrected chi connectivity index (χ2v) is 6.43. The second kappa shape index (κ2) is 4.60. The molecule has 1 aromatic carbocycles. The zero-order chi connectivity index (χ0) is 13.6. The third kappa shape index (κ3) is 2.14. The molecule has 3 nitrogen and oxygen atoms in total. The molecule has 4 heteroatoms. The number of aryl methyl sites for hydroxylation is 3. The number of carbonyl (C=O) groups is 1. The molecule has 1 amide bonds. The summed E-state index contributed by atoms with van der Waals surface area (Å²) < 4.78 is 3.23. The van der Waals surface area contributed by atoms with Gasteiger partial charge in [0.15, 0.2) is 4.80 Å². The van der Waals surface area contributed by atoms with E-state index in [9.17, 15) is 4.79 Å². The summed E-state index contributed by atoms with van der Waals surface area (Å²) in [6.07, 6.45) is 3.19. The summed E-state index contributed by atoms with van der Waals surface area (Å²) in [4.78, 5) is 17.1. The predicted octanol–water partition coefficient (Wildman–Crippen LogP) is 3.08. The molecule has 1 saturated carbocycles. The molecule has 3 rings (SSSR count). The molecule has 2 aromatic rings. The van der Waals surface area contributed by atoms with Crippen LogP contribution in [0.25, 0.3) is 10.2 Å². The largest absolute Gasteiger partial charge is 0.319 e. The summed E-state index contributed by atoms with van der Waals surface area (Å²) >= 11 is 1.60. The molecule has 0 atom stereocenters. The highest BCUT2D eigenvalue weighted by Gasteiger charge is 2.24. The van der Waals surface area contributed by atoms with Gasteiger partial charge in [-0.25, -0.2) is 0 Å². The van der Waals surface area contributed by atoms with E-state index in [1.807, 2.05) is 11.6 Å². The van der Waals surface area contributed by atoms with Crippen molar-refractivity contribution in [2.75, 3.05) is 0 Å². The fourth-order valence-electron chi connectivity index (χ4n) is 2.33. The molecule has 1 aromatic heterocycles. The summed E-state index contributed by atoms with van der Waals surface area (Å²) in [7, 11) is 1.99. The normalized spacial score (nSPS) is 16.9. The lowest BCUT2D eigenvalue weighted by atomic mass is 9.85. The van der Waals surface area contributed by atoms with Gasteiger partial charge in [0.05, 0.1) is 10.2 Å². The number of hydrogen-bond donors (Lipinski definition) is 0. The van der Waals surface area contributed by atoms with E-state index >= 15 is 0 Å². The zero-order valence-electron chi connectivity index (χ0n) is 11.6. The minimum Gasteiger partial charge on any atom is -0.319 e. The number of benzene rings is 1. The van der Waals surface area contributed by atoms with E-state index in [1.165, 1.54) is 22.2 Å². The van der Waals surface area contributed by atoms with Gasteiger partial charge in [0, 0.05) is 13.0 Å². The summed E-state index contributed by atoms with van der Waals surface area (Å²) in [6, 6.07) is 4.36. The third-order valence-electron chi connectivity index (χ3n) is 4.09. The molecule has 0 bridgehead atoms. The van der Waals surface area contributed by atoms with Crippen LogP contribution in [0.3, 0.4) is 0 Å². The molecule has 1 aliphatic carbocycles. The van der Waals surface area contributed by atoms with Gasteiger partial charge >= 0.3 is 0 Å². The van der Waals surface area contributed by atoms with Crippen molar-refractivity contribution in [1.82, 2.24) is 4.57 Å². The first-order valence-corrected chi connectivity index (χ1v) is 7.53. The van der Waals surface area contributed by atoms with Crippen LogP contribution in [0.2, 0.25) is 0 Å². The van der Waals surface area contributed by atoms with E-state index in [2.05, 4.69) is 31.0 Å². The van der Waals surface area contributed by atoms with E-state index in [0.717, 1.165) is 23.2 Å². The standard InChI is InChI=1S/C15H18N2OS/c1-9-7-12-13(8-10(9)2)19-15(17(12)3)16-14(18)11-5-4-6-11/h7-8,11H,4-6H2,1-3H3. The third-order valence-corrected chi connectivity index (χ3v) is 5.18. The van der Waals surface area contributed by atoms with Crippen LogP contribution in [0.1, 0.15) is 30.4 Å². The summed E-state index contributed by atoms with van der Waals surface area (Å²) in [6.45, 7) is 4.23. The lowest BCUT2D eigenvalue weighted by molar-refractivity contribution is -0.124. The van der Waals surface area contributed by atoms with Crippen molar-refractivity contribution in [3.05, 3.63) is 28.1 Å². The molecule has 1 heterocycles. The van der Waals surface area contributed by atoms with Crippen LogP contribution in [0.15, 0.2) is 17.1 Å². The Hall–Kier alpha value is -1.42. The number of nitrogens with zero attached hydrogens (tertiary/aromatic N) is 2. The molecule has 0 N–H and O–H groups in total. The Morgan fingerprint density at radius 1 is 1.32 bits per heavy atom. The molecule has 0 unspecified atom stereocenters. The highest BCUT2D eigenvalue weighted by molar-refractivity contribution is 7.16. The van der Waals surface area contributed by atoms with Crippen molar-refractivity contribution in [3.8, 4) is 0 Å². The number of aromatic nitrogens is 1. The molecule has 0 saturated heterocycles. The quantitative estimate of drug-likeness (QED) is 0.787. The van der Waals surface area contributed by atoms with Gasteiger partial charge in [0.25, 0.3) is 5.91 Å². The highest BCUT2D eigenvalue weighted by atomic mass is 32.1. The van der Waals surface area contributed by atoms with Crippen LogP contribution in [0, 0.1) is 19.8 Å². The average Bonchev–Trinajstić information content (AvgIpc) is 2.55. The average molecular weight is 274 g/mol. The minimum atomic E-state index is 0.0573. The Morgan fingerprint density at radius 3 is 2.63 bits per heavy atom. The first-order chi connectivity index (χ1) is 9.06. The first kappa shape index (κ1) is 12.6. The number of hydrogen-bond acceptors (Lipinski definition) is 2. The number of amides is 1. The van der Waals surface area contributed by atoms with Gasteiger partial charge in [-0.05, 0) is 49.9 Å². The molecule has 19 heavy (non-hydrogen) atoms. The van der Waals surface area contributed by atoms with Crippen molar-refractivity contribution >= 4 is 27.5 Å². The van der Waals surface area contributed by atoms with E-state index < -0.39 is 0 Å². The predicted molar refractivity (Wildman–Crippen MR) is 78.2 cm³/mol. The van der Waals surface area contributed by atoms with Crippen LogP contribution in [-0.4, -0.2) is 10.5 Å². The van der Waals surface area contributed by atoms with Crippen molar-refractivity contribution in [3.63, 3.8) is 0 Å². The lowest BCUT2D eigenvalue weighted by Gasteiger charge is -2.20. The molecular weight excluding hydrogens is 256 g/mol. The zero-order valence-corrected chi connectivity index (χ0v) is 12.4. The van der Waals surface area contributed by atoms with Crippen molar-refractivity contribution in [2.45, 2.75) is 33.1 Å². The monoisotopic (exact) mass is 274 g/mol. The highest BCUT2D eigenvalue weighted by Crippen LogP contribution is 2.27. The van der Waals surface area contributed by atoms with Gasteiger partial charge < -0.3 is 4.57 Å². The van der Waals surface area contributed by atoms with Gasteiger partial charge in [-0.15, -0.1) is 0 Å². The Labute approximate surface area is 116 Å². The summed E-state index contributed by atoms with van der Waals surface area (Å²) in [5.41, 5.74) is 3.72. The maximum absolute atomic E-state index is 12.0. The number of rotatable bonds is 1. The fraction of sp³-hybridized carbons (Fsp3) is 0.467. The molecule has 1 aliphatic rings. The minimum absolute atomic E-state index is 0.0573. The number of carbonyl (C=O) groups excluding carboxylic acids is 1. The number of thiazole rings is 1. The molecule has 1 fully saturated rings. The Balaban J connectivity index is 2.11. The van der Waals surface area contributed by atoms with Crippen molar-refractivity contribution < 1.29 is 4.79 Å². The van der Waals surface area contributed by atoms with E-state index in [4.69, 9.17) is 0 Å².